The molecule has 0 unspecified atom stereocenters. The molecule has 1 aliphatic carbocycles. The van der Waals surface area contributed by atoms with Gasteiger partial charge in [0.25, 0.3) is 0 Å². The second kappa shape index (κ2) is 7.11. The lowest BCUT2D eigenvalue weighted by Gasteiger charge is -2.28. The van der Waals surface area contributed by atoms with Gasteiger partial charge in [-0.05, 0) is 56.4 Å². The highest BCUT2D eigenvalue weighted by atomic mass is 79.9. The van der Waals surface area contributed by atoms with Gasteiger partial charge in [-0.1, -0.05) is 22.0 Å². The van der Waals surface area contributed by atoms with Crippen molar-refractivity contribution in [2.24, 2.45) is 0 Å². The third-order valence-electron chi connectivity index (χ3n) is 3.50. The van der Waals surface area contributed by atoms with Crippen LogP contribution in [0.2, 0.25) is 0 Å². The normalized spacial score (nSPS) is 23.1. The van der Waals surface area contributed by atoms with E-state index in [1.54, 1.807) is 0 Å². The molecule has 3 heteroatoms. The van der Waals surface area contributed by atoms with Gasteiger partial charge in [-0.3, -0.25) is 0 Å². The minimum atomic E-state index is 0.323. The summed E-state index contributed by atoms with van der Waals surface area (Å²) in [6, 6.07) is 6.16. The Bertz CT molecular complexity index is 423. The Kier molecular flexibility index (Phi) is 5.46. The molecule has 0 aromatic heterocycles. The van der Waals surface area contributed by atoms with Crippen molar-refractivity contribution >= 4 is 15.9 Å². The lowest BCUT2D eigenvalue weighted by molar-refractivity contribution is 0.0159. The summed E-state index contributed by atoms with van der Waals surface area (Å²) in [5, 5.41) is 0. The molecule has 0 saturated heterocycles. The standard InChI is InChI=1S/C16H21BrO2/c1-3-10-18-13-4-6-14(7-5-13)19-15-8-9-16(17)12(2)11-15/h3,8-9,11,13-14H,1,4-7,10H2,2H3. The fraction of sp³-hybridized carbons (Fsp3) is 0.500. The first-order valence-corrected chi connectivity index (χ1v) is 7.63. The molecular weight excluding hydrogens is 304 g/mol. The van der Waals surface area contributed by atoms with Crippen LogP contribution in [0.4, 0.5) is 0 Å². The highest BCUT2D eigenvalue weighted by Gasteiger charge is 2.22. The van der Waals surface area contributed by atoms with E-state index in [9.17, 15) is 0 Å². The SMILES string of the molecule is C=CCOC1CCC(Oc2ccc(Br)c(C)c2)CC1. The fourth-order valence-electron chi connectivity index (χ4n) is 2.40. The molecule has 19 heavy (non-hydrogen) atoms. The van der Waals surface area contributed by atoms with Crippen LogP contribution in [0.3, 0.4) is 0 Å². The largest absolute Gasteiger partial charge is 0.490 e. The fourth-order valence-corrected chi connectivity index (χ4v) is 2.65. The first kappa shape index (κ1) is 14.6. The van der Waals surface area contributed by atoms with Crippen LogP contribution in [0.15, 0.2) is 35.3 Å². The number of halogens is 1. The van der Waals surface area contributed by atoms with Crippen molar-refractivity contribution in [1.82, 2.24) is 0 Å². The summed E-state index contributed by atoms with van der Waals surface area (Å²) in [5.41, 5.74) is 1.21. The molecular formula is C16H21BrO2. The van der Waals surface area contributed by atoms with Crippen molar-refractivity contribution in [1.29, 1.82) is 0 Å². The van der Waals surface area contributed by atoms with Crippen LogP contribution in [0.25, 0.3) is 0 Å². The zero-order valence-electron chi connectivity index (χ0n) is 11.4. The van der Waals surface area contributed by atoms with Crippen molar-refractivity contribution in [3.63, 3.8) is 0 Å². The Hall–Kier alpha value is -0.800. The van der Waals surface area contributed by atoms with Crippen molar-refractivity contribution < 1.29 is 9.47 Å². The van der Waals surface area contributed by atoms with Gasteiger partial charge in [0.2, 0.25) is 0 Å². The average Bonchev–Trinajstić information content (AvgIpc) is 2.42. The molecule has 1 fully saturated rings. The first-order chi connectivity index (χ1) is 9.19. The molecule has 0 amide bonds. The van der Waals surface area contributed by atoms with Crippen molar-refractivity contribution in [2.45, 2.75) is 44.8 Å². The number of ether oxygens (including phenoxy) is 2. The van der Waals surface area contributed by atoms with Gasteiger partial charge in [0.1, 0.15) is 5.75 Å². The topological polar surface area (TPSA) is 18.5 Å². The molecule has 1 aromatic carbocycles. The predicted octanol–water partition coefficient (Wildman–Crippen LogP) is 4.65. The van der Waals surface area contributed by atoms with Gasteiger partial charge in [0.15, 0.2) is 0 Å². The zero-order chi connectivity index (χ0) is 13.7. The van der Waals surface area contributed by atoms with E-state index >= 15 is 0 Å². The quantitative estimate of drug-likeness (QED) is 0.734. The van der Waals surface area contributed by atoms with Crippen LogP contribution in [-0.4, -0.2) is 18.8 Å². The number of benzene rings is 1. The number of aryl methyl sites for hydroxylation is 1. The zero-order valence-corrected chi connectivity index (χ0v) is 13.0. The van der Waals surface area contributed by atoms with Crippen molar-refractivity contribution in [2.75, 3.05) is 6.61 Å². The molecule has 0 radical (unpaired) electrons. The van der Waals surface area contributed by atoms with E-state index in [0.717, 1.165) is 35.9 Å². The monoisotopic (exact) mass is 324 g/mol. The highest BCUT2D eigenvalue weighted by Crippen LogP contribution is 2.27. The summed E-state index contributed by atoms with van der Waals surface area (Å²) in [4.78, 5) is 0. The summed E-state index contributed by atoms with van der Waals surface area (Å²) >= 11 is 3.51. The van der Waals surface area contributed by atoms with Crippen LogP contribution >= 0.6 is 15.9 Å². The van der Waals surface area contributed by atoms with Crippen LogP contribution in [0.1, 0.15) is 31.2 Å². The molecule has 2 nitrogen and oxygen atoms in total. The van der Waals surface area contributed by atoms with Gasteiger partial charge in [0, 0.05) is 4.47 Å². The van der Waals surface area contributed by atoms with E-state index < -0.39 is 0 Å². The summed E-state index contributed by atoms with van der Waals surface area (Å²) in [5.74, 6) is 0.969. The van der Waals surface area contributed by atoms with Crippen LogP contribution in [0, 0.1) is 6.92 Å². The van der Waals surface area contributed by atoms with E-state index in [-0.39, 0.29) is 0 Å². The Morgan fingerprint density at radius 2 is 1.95 bits per heavy atom. The number of rotatable bonds is 5. The maximum Gasteiger partial charge on any atom is 0.120 e. The Morgan fingerprint density at radius 1 is 1.26 bits per heavy atom. The molecule has 0 atom stereocenters. The third-order valence-corrected chi connectivity index (χ3v) is 4.39. The second-order valence-corrected chi connectivity index (χ2v) is 5.90. The smallest absolute Gasteiger partial charge is 0.120 e. The van der Waals surface area contributed by atoms with Crippen LogP contribution in [-0.2, 0) is 4.74 Å². The lowest BCUT2D eigenvalue weighted by atomic mass is 9.95. The van der Waals surface area contributed by atoms with E-state index in [1.165, 1.54) is 5.56 Å². The molecule has 0 spiro atoms. The van der Waals surface area contributed by atoms with E-state index in [4.69, 9.17) is 9.47 Å². The summed E-state index contributed by atoms with van der Waals surface area (Å²) < 4.78 is 12.9. The Labute approximate surface area is 123 Å². The lowest BCUT2D eigenvalue weighted by Crippen LogP contribution is -2.28. The van der Waals surface area contributed by atoms with E-state index in [0.29, 0.717) is 18.8 Å². The highest BCUT2D eigenvalue weighted by molar-refractivity contribution is 9.10. The minimum absolute atomic E-state index is 0.323. The maximum absolute atomic E-state index is 6.05. The maximum atomic E-state index is 6.05. The van der Waals surface area contributed by atoms with Gasteiger partial charge in [0.05, 0.1) is 18.8 Å². The molecule has 0 aliphatic heterocycles. The minimum Gasteiger partial charge on any atom is -0.490 e. The molecule has 1 aliphatic rings. The summed E-state index contributed by atoms with van der Waals surface area (Å²) in [6.45, 7) is 6.41. The van der Waals surface area contributed by atoms with Gasteiger partial charge in [-0.15, -0.1) is 6.58 Å². The first-order valence-electron chi connectivity index (χ1n) is 6.84. The van der Waals surface area contributed by atoms with Gasteiger partial charge in [-0.2, -0.15) is 0 Å². The van der Waals surface area contributed by atoms with Gasteiger partial charge in [-0.25, -0.2) is 0 Å². The number of hydrogen-bond acceptors (Lipinski definition) is 2. The molecule has 1 saturated carbocycles. The summed E-state index contributed by atoms with van der Waals surface area (Å²) in [6.07, 6.45) is 6.80. The second-order valence-electron chi connectivity index (χ2n) is 5.05. The molecule has 104 valence electrons. The Balaban J connectivity index is 1.81. The van der Waals surface area contributed by atoms with Crippen molar-refractivity contribution in [3.8, 4) is 5.75 Å². The third kappa shape index (κ3) is 4.36. The molecule has 0 bridgehead atoms. The molecule has 2 rings (SSSR count). The van der Waals surface area contributed by atoms with Crippen LogP contribution < -0.4 is 4.74 Å². The van der Waals surface area contributed by atoms with Gasteiger partial charge < -0.3 is 9.47 Å². The van der Waals surface area contributed by atoms with Gasteiger partial charge >= 0.3 is 0 Å². The predicted molar refractivity (Wildman–Crippen MR) is 81.7 cm³/mol. The Morgan fingerprint density at radius 3 is 2.58 bits per heavy atom. The number of hydrogen-bond donors (Lipinski definition) is 0. The average molecular weight is 325 g/mol. The van der Waals surface area contributed by atoms with Crippen molar-refractivity contribution in [3.05, 3.63) is 40.9 Å². The van der Waals surface area contributed by atoms with E-state index in [2.05, 4.69) is 35.5 Å². The van der Waals surface area contributed by atoms with Crippen LogP contribution in [0.5, 0.6) is 5.75 Å². The summed E-state index contributed by atoms with van der Waals surface area (Å²) in [7, 11) is 0. The van der Waals surface area contributed by atoms with E-state index in [1.807, 2.05) is 18.2 Å². The molecule has 0 N–H and O–H groups in total. The molecule has 1 aromatic rings. The molecule has 0 heterocycles.